The average Bonchev–Trinajstić information content (AvgIpc) is 2.88. The van der Waals surface area contributed by atoms with E-state index in [2.05, 4.69) is 21.4 Å². The van der Waals surface area contributed by atoms with Crippen LogP contribution in [0.2, 0.25) is 0 Å². The van der Waals surface area contributed by atoms with Crippen molar-refractivity contribution in [3.05, 3.63) is 70.1 Å². The van der Waals surface area contributed by atoms with Crippen molar-refractivity contribution in [3.63, 3.8) is 0 Å². The van der Waals surface area contributed by atoms with Crippen molar-refractivity contribution < 1.29 is 8.81 Å². The molecule has 0 bridgehead atoms. The molecule has 0 radical (unpaired) electrons. The van der Waals surface area contributed by atoms with E-state index in [0.29, 0.717) is 10.0 Å². The number of hydrogen-bond acceptors (Lipinski definition) is 3. The minimum Gasteiger partial charge on any atom is -0.464 e. The normalized spacial score (nSPS) is 12.8. The van der Waals surface area contributed by atoms with E-state index >= 15 is 0 Å². The maximum Gasteiger partial charge on any atom is 0.142 e. The lowest BCUT2D eigenvalue weighted by atomic mass is 9.98. The van der Waals surface area contributed by atoms with E-state index in [-0.39, 0.29) is 5.82 Å². The van der Waals surface area contributed by atoms with Crippen LogP contribution < -0.4 is 11.3 Å². The van der Waals surface area contributed by atoms with Crippen LogP contribution >= 0.6 is 15.9 Å². The van der Waals surface area contributed by atoms with Gasteiger partial charge < -0.3 is 4.42 Å². The van der Waals surface area contributed by atoms with Crippen LogP contribution in [0.25, 0.3) is 11.0 Å². The molecule has 3 nitrogen and oxygen atoms in total. The van der Waals surface area contributed by atoms with Crippen LogP contribution in [0.5, 0.6) is 0 Å². The Balaban J connectivity index is 2.17. The van der Waals surface area contributed by atoms with Gasteiger partial charge >= 0.3 is 0 Å². The summed E-state index contributed by atoms with van der Waals surface area (Å²) in [5, 5.41) is 0.912. The smallest absolute Gasteiger partial charge is 0.142 e. The van der Waals surface area contributed by atoms with Crippen LogP contribution in [0.15, 0.2) is 57.6 Å². The van der Waals surface area contributed by atoms with Crippen molar-refractivity contribution in [1.82, 2.24) is 5.43 Å². The molecule has 0 aliphatic rings. The molecule has 5 heteroatoms. The van der Waals surface area contributed by atoms with E-state index in [1.165, 1.54) is 0 Å². The third-order valence-corrected chi connectivity index (χ3v) is 3.89. The average molecular weight is 335 g/mol. The molecule has 102 valence electrons. The summed E-state index contributed by atoms with van der Waals surface area (Å²) in [7, 11) is 0. The Bertz CT molecular complexity index is 756. The molecular weight excluding hydrogens is 323 g/mol. The van der Waals surface area contributed by atoms with Gasteiger partial charge in [0.05, 0.1) is 16.8 Å². The summed E-state index contributed by atoms with van der Waals surface area (Å²) in [4.78, 5) is 0. The molecule has 0 spiro atoms. The monoisotopic (exact) mass is 334 g/mol. The molecule has 0 amide bonds. The highest BCUT2D eigenvalue weighted by molar-refractivity contribution is 9.10. The summed E-state index contributed by atoms with van der Waals surface area (Å²) in [5.74, 6) is 5.30. The summed E-state index contributed by atoms with van der Waals surface area (Å²) in [5.41, 5.74) is 4.68. The Morgan fingerprint density at radius 1 is 1.10 bits per heavy atom. The minimum atomic E-state index is -0.476. The van der Waals surface area contributed by atoms with Gasteiger partial charge in [0.1, 0.15) is 11.4 Å². The van der Waals surface area contributed by atoms with Gasteiger partial charge in [-0.1, -0.05) is 30.3 Å². The van der Waals surface area contributed by atoms with Gasteiger partial charge in [-0.05, 0) is 28.1 Å². The van der Waals surface area contributed by atoms with Crippen LogP contribution in [-0.4, -0.2) is 0 Å². The Labute approximate surface area is 123 Å². The second-order valence-corrected chi connectivity index (χ2v) is 5.28. The predicted molar refractivity (Wildman–Crippen MR) is 79.5 cm³/mol. The van der Waals surface area contributed by atoms with E-state index in [9.17, 15) is 4.39 Å². The minimum absolute atomic E-state index is 0.333. The maximum atomic E-state index is 14.3. The number of halogens is 2. The third kappa shape index (κ3) is 2.14. The zero-order valence-electron chi connectivity index (χ0n) is 10.4. The fraction of sp³-hybridized carbons (Fsp3) is 0.0667. The molecule has 0 fully saturated rings. The first-order chi connectivity index (χ1) is 9.72. The third-order valence-electron chi connectivity index (χ3n) is 3.28. The predicted octanol–water partition coefficient (Wildman–Crippen LogP) is 3.89. The highest BCUT2D eigenvalue weighted by Gasteiger charge is 2.21. The molecule has 2 aromatic carbocycles. The number of hydrogen-bond donors (Lipinski definition) is 2. The first-order valence-corrected chi connectivity index (χ1v) is 6.88. The number of hydrazine groups is 1. The Morgan fingerprint density at radius 3 is 2.70 bits per heavy atom. The standard InChI is InChI=1S/C15H12BrFN2O/c16-12-6-3-5-10(14(12)17)15(19-18)11-8-20-13-7-2-1-4-9(11)13/h1-8,15,19H,18H2. The second kappa shape index (κ2) is 5.36. The Hall–Kier alpha value is -1.69. The van der Waals surface area contributed by atoms with Gasteiger partial charge in [0.25, 0.3) is 0 Å². The molecule has 1 unspecified atom stereocenters. The van der Waals surface area contributed by atoms with Gasteiger partial charge in [-0.15, -0.1) is 0 Å². The molecule has 3 rings (SSSR count). The number of rotatable bonds is 3. The molecule has 0 aliphatic carbocycles. The highest BCUT2D eigenvalue weighted by atomic mass is 79.9. The lowest BCUT2D eigenvalue weighted by Crippen LogP contribution is -2.29. The van der Waals surface area contributed by atoms with Gasteiger partial charge in [-0.25, -0.2) is 9.82 Å². The fourth-order valence-corrected chi connectivity index (χ4v) is 2.69. The van der Waals surface area contributed by atoms with Crippen molar-refractivity contribution in [3.8, 4) is 0 Å². The summed E-state index contributed by atoms with van der Waals surface area (Å²) in [6.07, 6.45) is 1.61. The number of nitrogens with one attached hydrogen (secondary N) is 1. The van der Waals surface area contributed by atoms with Crippen molar-refractivity contribution in [1.29, 1.82) is 0 Å². The summed E-state index contributed by atoms with van der Waals surface area (Å²) < 4.78 is 20.2. The highest BCUT2D eigenvalue weighted by Crippen LogP contribution is 2.32. The Kier molecular flexibility index (Phi) is 3.56. The van der Waals surface area contributed by atoms with E-state index in [0.717, 1.165) is 16.5 Å². The van der Waals surface area contributed by atoms with Crippen molar-refractivity contribution in [2.24, 2.45) is 5.84 Å². The van der Waals surface area contributed by atoms with E-state index < -0.39 is 6.04 Å². The lowest BCUT2D eigenvalue weighted by Gasteiger charge is -2.16. The fourth-order valence-electron chi connectivity index (χ4n) is 2.31. The van der Waals surface area contributed by atoms with Gasteiger partial charge in [0, 0.05) is 16.5 Å². The molecule has 1 aromatic heterocycles. The molecule has 1 heterocycles. The summed E-state index contributed by atoms with van der Waals surface area (Å²) >= 11 is 3.19. The van der Waals surface area contributed by atoms with E-state index in [1.807, 2.05) is 24.3 Å². The topological polar surface area (TPSA) is 51.2 Å². The number of benzene rings is 2. The van der Waals surface area contributed by atoms with Crippen LogP contribution in [0.3, 0.4) is 0 Å². The molecule has 20 heavy (non-hydrogen) atoms. The van der Waals surface area contributed by atoms with E-state index in [4.69, 9.17) is 10.3 Å². The molecule has 1 atom stereocenters. The maximum absolute atomic E-state index is 14.3. The second-order valence-electron chi connectivity index (χ2n) is 4.43. The zero-order valence-corrected chi connectivity index (χ0v) is 12.0. The number of furan rings is 1. The zero-order chi connectivity index (χ0) is 14.1. The number of nitrogens with two attached hydrogens (primary N) is 1. The molecule has 0 aliphatic heterocycles. The number of para-hydroxylation sites is 1. The van der Waals surface area contributed by atoms with Crippen LogP contribution in [0.1, 0.15) is 17.2 Å². The Morgan fingerprint density at radius 2 is 1.90 bits per heavy atom. The first-order valence-electron chi connectivity index (χ1n) is 6.08. The molecule has 0 saturated heterocycles. The quantitative estimate of drug-likeness (QED) is 0.564. The van der Waals surface area contributed by atoms with Crippen LogP contribution in [0.4, 0.5) is 4.39 Å². The van der Waals surface area contributed by atoms with Crippen LogP contribution in [-0.2, 0) is 0 Å². The lowest BCUT2D eigenvalue weighted by molar-refractivity contribution is 0.547. The molecule has 3 aromatic rings. The first kappa shape index (κ1) is 13.3. The van der Waals surface area contributed by atoms with Gasteiger partial charge in [0.2, 0.25) is 0 Å². The van der Waals surface area contributed by atoms with Crippen molar-refractivity contribution in [2.75, 3.05) is 0 Å². The van der Waals surface area contributed by atoms with Crippen molar-refractivity contribution >= 4 is 26.9 Å². The molecule has 3 N–H and O–H groups in total. The van der Waals surface area contributed by atoms with Crippen LogP contribution in [0, 0.1) is 5.82 Å². The molecular formula is C15H12BrFN2O. The van der Waals surface area contributed by atoms with Gasteiger partial charge in [-0.2, -0.15) is 0 Å². The molecule has 0 saturated carbocycles. The van der Waals surface area contributed by atoms with Crippen molar-refractivity contribution in [2.45, 2.75) is 6.04 Å². The van der Waals surface area contributed by atoms with Gasteiger partial charge in [0.15, 0.2) is 0 Å². The van der Waals surface area contributed by atoms with Gasteiger partial charge in [-0.3, -0.25) is 5.84 Å². The summed E-state index contributed by atoms with van der Waals surface area (Å²) in [6.45, 7) is 0. The SMILES string of the molecule is NNC(c1cccc(Br)c1F)c1coc2ccccc12. The van der Waals surface area contributed by atoms with E-state index in [1.54, 1.807) is 24.5 Å². The largest absolute Gasteiger partial charge is 0.464 e. The summed E-state index contributed by atoms with van der Waals surface area (Å²) in [6, 6.07) is 12.2. The number of fused-ring (bicyclic) bond motifs is 1.